The first kappa shape index (κ1) is 15.3. The fraction of sp³-hybridized carbons (Fsp3) is 0.647. The molecule has 1 unspecified atom stereocenters. The Labute approximate surface area is 122 Å². The molecule has 1 saturated carbocycles. The Balaban J connectivity index is 1.79. The zero-order valence-electron chi connectivity index (χ0n) is 12.7. The molecule has 0 heterocycles. The summed E-state index contributed by atoms with van der Waals surface area (Å²) in [6.45, 7) is 3.89. The highest BCUT2D eigenvalue weighted by atomic mass is 16.5. The number of hydrogen-bond acceptors (Lipinski definition) is 3. The number of nitrogens with one attached hydrogen (secondary N) is 1. The Hall–Kier alpha value is -1.06. The summed E-state index contributed by atoms with van der Waals surface area (Å²) in [5.41, 5.74) is 1.23. The molecule has 1 aromatic carbocycles. The first-order valence-corrected chi connectivity index (χ1v) is 7.83. The summed E-state index contributed by atoms with van der Waals surface area (Å²) < 4.78 is 11.3. The molecule has 2 rings (SSSR count). The third-order valence-corrected chi connectivity index (χ3v) is 4.07. The van der Waals surface area contributed by atoms with Gasteiger partial charge in [-0.2, -0.15) is 0 Å². The van der Waals surface area contributed by atoms with Gasteiger partial charge in [0.15, 0.2) is 0 Å². The summed E-state index contributed by atoms with van der Waals surface area (Å²) in [4.78, 5) is 0. The standard InChI is InChI=1S/C17H27NO2/c1-3-16(15-10-6-7-11-17(15)19-2)18-12-13-20-14-8-4-5-9-14/h6-7,10-11,14,16,18H,3-5,8-9,12-13H2,1-2H3. The second-order valence-electron chi connectivity index (χ2n) is 5.43. The maximum atomic E-state index is 5.90. The monoisotopic (exact) mass is 277 g/mol. The zero-order valence-corrected chi connectivity index (χ0v) is 12.7. The fourth-order valence-electron chi connectivity index (χ4n) is 2.94. The minimum absolute atomic E-state index is 0.332. The quantitative estimate of drug-likeness (QED) is 0.735. The summed E-state index contributed by atoms with van der Waals surface area (Å²) >= 11 is 0. The number of para-hydroxylation sites is 1. The molecular formula is C17H27NO2. The molecule has 0 aliphatic heterocycles. The van der Waals surface area contributed by atoms with Gasteiger partial charge in [0.25, 0.3) is 0 Å². The van der Waals surface area contributed by atoms with Crippen LogP contribution in [0.2, 0.25) is 0 Å². The van der Waals surface area contributed by atoms with Gasteiger partial charge in [0.05, 0.1) is 19.8 Å². The van der Waals surface area contributed by atoms with Gasteiger partial charge in [-0.05, 0) is 25.3 Å². The van der Waals surface area contributed by atoms with Crippen LogP contribution in [0, 0.1) is 0 Å². The third kappa shape index (κ3) is 4.22. The molecule has 0 spiro atoms. The Kier molecular flexibility index (Phi) is 6.34. The fourth-order valence-corrected chi connectivity index (χ4v) is 2.94. The molecule has 3 nitrogen and oxygen atoms in total. The molecule has 112 valence electrons. The van der Waals surface area contributed by atoms with E-state index in [9.17, 15) is 0 Å². The van der Waals surface area contributed by atoms with Crippen molar-refractivity contribution in [2.45, 2.75) is 51.2 Å². The number of rotatable bonds is 8. The van der Waals surface area contributed by atoms with E-state index in [0.29, 0.717) is 12.1 Å². The van der Waals surface area contributed by atoms with Crippen LogP contribution in [-0.2, 0) is 4.74 Å². The smallest absolute Gasteiger partial charge is 0.123 e. The van der Waals surface area contributed by atoms with Gasteiger partial charge in [-0.25, -0.2) is 0 Å². The highest BCUT2D eigenvalue weighted by Gasteiger charge is 2.16. The van der Waals surface area contributed by atoms with Crippen LogP contribution >= 0.6 is 0 Å². The van der Waals surface area contributed by atoms with Crippen molar-refractivity contribution in [1.29, 1.82) is 0 Å². The summed E-state index contributed by atoms with van der Waals surface area (Å²) in [5, 5.41) is 3.58. The average molecular weight is 277 g/mol. The van der Waals surface area contributed by atoms with Gasteiger partial charge < -0.3 is 14.8 Å². The van der Waals surface area contributed by atoms with Crippen molar-refractivity contribution in [2.75, 3.05) is 20.3 Å². The Morgan fingerprint density at radius 2 is 2.00 bits per heavy atom. The van der Waals surface area contributed by atoms with Gasteiger partial charge in [-0.15, -0.1) is 0 Å². The van der Waals surface area contributed by atoms with Crippen LogP contribution < -0.4 is 10.1 Å². The highest BCUT2D eigenvalue weighted by Crippen LogP contribution is 2.26. The molecule has 0 radical (unpaired) electrons. The molecule has 0 saturated heterocycles. The molecule has 1 aromatic rings. The Bertz CT molecular complexity index is 388. The van der Waals surface area contributed by atoms with Crippen molar-refractivity contribution in [3.63, 3.8) is 0 Å². The zero-order chi connectivity index (χ0) is 14.2. The van der Waals surface area contributed by atoms with Crippen LogP contribution in [0.25, 0.3) is 0 Å². The summed E-state index contributed by atoms with van der Waals surface area (Å²) in [7, 11) is 1.73. The van der Waals surface area contributed by atoms with Crippen LogP contribution in [-0.4, -0.2) is 26.4 Å². The van der Waals surface area contributed by atoms with Crippen LogP contribution in [0.3, 0.4) is 0 Å². The van der Waals surface area contributed by atoms with E-state index < -0.39 is 0 Å². The first-order valence-electron chi connectivity index (χ1n) is 7.83. The van der Waals surface area contributed by atoms with E-state index in [1.165, 1.54) is 31.2 Å². The molecule has 1 aliphatic rings. The van der Waals surface area contributed by atoms with Crippen LogP contribution in [0.1, 0.15) is 50.6 Å². The SMILES string of the molecule is CCC(NCCOC1CCCC1)c1ccccc1OC. The molecule has 20 heavy (non-hydrogen) atoms. The molecule has 3 heteroatoms. The van der Waals surface area contributed by atoms with E-state index in [2.05, 4.69) is 24.4 Å². The predicted molar refractivity (Wildman–Crippen MR) is 82.2 cm³/mol. The van der Waals surface area contributed by atoms with E-state index in [4.69, 9.17) is 9.47 Å². The third-order valence-electron chi connectivity index (χ3n) is 4.07. The van der Waals surface area contributed by atoms with Crippen molar-refractivity contribution >= 4 is 0 Å². The molecule has 0 aromatic heterocycles. The van der Waals surface area contributed by atoms with Crippen molar-refractivity contribution in [3.8, 4) is 5.75 Å². The largest absolute Gasteiger partial charge is 0.496 e. The highest BCUT2D eigenvalue weighted by molar-refractivity contribution is 5.35. The second kappa shape index (κ2) is 8.28. The van der Waals surface area contributed by atoms with Gasteiger partial charge in [0.2, 0.25) is 0 Å². The first-order chi connectivity index (χ1) is 9.85. The van der Waals surface area contributed by atoms with E-state index >= 15 is 0 Å². The number of methoxy groups -OCH3 is 1. The maximum Gasteiger partial charge on any atom is 0.123 e. The van der Waals surface area contributed by atoms with Crippen molar-refractivity contribution < 1.29 is 9.47 Å². The minimum atomic E-state index is 0.332. The lowest BCUT2D eigenvalue weighted by molar-refractivity contribution is 0.0590. The van der Waals surface area contributed by atoms with Crippen molar-refractivity contribution in [2.24, 2.45) is 0 Å². The Morgan fingerprint density at radius 3 is 2.70 bits per heavy atom. The summed E-state index contributed by atoms with van der Waals surface area (Å²) in [5.74, 6) is 0.962. The van der Waals surface area contributed by atoms with Crippen LogP contribution in [0.5, 0.6) is 5.75 Å². The van der Waals surface area contributed by atoms with Crippen LogP contribution in [0.4, 0.5) is 0 Å². The summed E-state index contributed by atoms with van der Waals surface area (Å²) in [6, 6.07) is 8.57. The summed E-state index contributed by atoms with van der Waals surface area (Å²) in [6.07, 6.45) is 6.69. The van der Waals surface area contributed by atoms with E-state index in [1.807, 2.05) is 12.1 Å². The van der Waals surface area contributed by atoms with E-state index in [0.717, 1.165) is 25.3 Å². The van der Waals surface area contributed by atoms with Gasteiger partial charge >= 0.3 is 0 Å². The Morgan fingerprint density at radius 1 is 1.25 bits per heavy atom. The van der Waals surface area contributed by atoms with Gasteiger partial charge in [0, 0.05) is 18.2 Å². The van der Waals surface area contributed by atoms with E-state index in [1.54, 1.807) is 7.11 Å². The topological polar surface area (TPSA) is 30.5 Å². The van der Waals surface area contributed by atoms with Crippen LogP contribution in [0.15, 0.2) is 24.3 Å². The van der Waals surface area contributed by atoms with Crippen molar-refractivity contribution in [3.05, 3.63) is 29.8 Å². The number of benzene rings is 1. The van der Waals surface area contributed by atoms with Gasteiger partial charge in [-0.1, -0.05) is 38.0 Å². The van der Waals surface area contributed by atoms with E-state index in [-0.39, 0.29) is 0 Å². The second-order valence-corrected chi connectivity index (χ2v) is 5.43. The molecule has 1 aliphatic carbocycles. The molecule has 1 fully saturated rings. The molecule has 1 atom stereocenters. The normalized spacial score (nSPS) is 17.3. The lowest BCUT2D eigenvalue weighted by Crippen LogP contribution is -2.26. The minimum Gasteiger partial charge on any atom is -0.496 e. The number of ether oxygens (including phenoxy) is 2. The number of hydrogen-bond donors (Lipinski definition) is 1. The molecule has 0 amide bonds. The lowest BCUT2D eigenvalue weighted by Gasteiger charge is -2.20. The molecular weight excluding hydrogens is 250 g/mol. The van der Waals surface area contributed by atoms with Gasteiger partial charge in [-0.3, -0.25) is 0 Å². The lowest BCUT2D eigenvalue weighted by atomic mass is 10.0. The molecule has 1 N–H and O–H groups in total. The molecule has 0 bridgehead atoms. The van der Waals surface area contributed by atoms with Gasteiger partial charge in [0.1, 0.15) is 5.75 Å². The maximum absolute atomic E-state index is 5.90. The van der Waals surface area contributed by atoms with Crippen molar-refractivity contribution in [1.82, 2.24) is 5.32 Å². The average Bonchev–Trinajstić information content (AvgIpc) is 3.01. The predicted octanol–water partition coefficient (Wildman–Crippen LogP) is 3.70.